The average Bonchev–Trinajstić information content (AvgIpc) is 2.82. The highest BCUT2D eigenvalue weighted by molar-refractivity contribution is 6.30. The van der Waals surface area contributed by atoms with Crippen LogP contribution >= 0.6 is 11.6 Å². The van der Waals surface area contributed by atoms with Gasteiger partial charge in [0, 0.05) is 11.4 Å². The first-order valence-electron chi connectivity index (χ1n) is 11.6. The molecule has 6 nitrogen and oxygen atoms in total. The second kappa shape index (κ2) is 15.9. The summed E-state index contributed by atoms with van der Waals surface area (Å²) in [5.74, 6) is 0.272. The molecular formula is C26H34ClN3O3. The fourth-order valence-electron chi connectivity index (χ4n) is 3.13. The smallest absolute Gasteiger partial charge is 0.259 e. The van der Waals surface area contributed by atoms with Gasteiger partial charge in [-0.1, -0.05) is 69.2 Å². The molecule has 2 rings (SSSR count). The summed E-state index contributed by atoms with van der Waals surface area (Å²) in [6, 6.07) is 14.9. The van der Waals surface area contributed by atoms with Crippen molar-refractivity contribution in [1.82, 2.24) is 10.7 Å². The molecule has 178 valence electrons. The number of hydrazone groups is 1. The Balaban J connectivity index is 1.58. The van der Waals surface area contributed by atoms with Crippen LogP contribution in [0.25, 0.3) is 0 Å². The van der Waals surface area contributed by atoms with Crippen molar-refractivity contribution >= 4 is 29.6 Å². The minimum absolute atomic E-state index is 0.0792. The summed E-state index contributed by atoms with van der Waals surface area (Å²) in [6.45, 7) is 2.57. The van der Waals surface area contributed by atoms with E-state index in [1.807, 2.05) is 48.5 Å². The molecular weight excluding hydrogens is 438 g/mol. The van der Waals surface area contributed by atoms with E-state index < -0.39 is 0 Å². The van der Waals surface area contributed by atoms with Crippen LogP contribution in [-0.2, 0) is 16.2 Å². The summed E-state index contributed by atoms with van der Waals surface area (Å²) >= 11 is 5.88. The van der Waals surface area contributed by atoms with Gasteiger partial charge in [-0.2, -0.15) is 5.10 Å². The minimum atomic E-state index is -0.359. The Hall–Kier alpha value is -2.86. The van der Waals surface area contributed by atoms with Crippen LogP contribution in [0.3, 0.4) is 0 Å². The Bertz CT molecular complexity index is 867. The summed E-state index contributed by atoms with van der Waals surface area (Å²) in [7, 11) is 0. The van der Waals surface area contributed by atoms with E-state index in [1.165, 1.54) is 25.7 Å². The Kier molecular flexibility index (Phi) is 12.7. The number of rotatable bonds is 15. The molecule has 0 heterocycles. The number of nitrogens with one attached hydrogen (secondary N) is 2. The lowest BCUT2D eigenvalue weighted by Crippen LogP contribution is -2.34. The molecule has 0 saturated heterocycles. The predicted molar refractivity (Wildman–Crippen MR) is 134 cm³/mol. The Morgan fingerprint density at radius 2 is 1.58 bits per heavy atom. The summed E-state index contributed by atoms with van der Waals surface area (Å²) in [4.78, 5) is 23.7. The van der Waals surface area contributed by atoms with Gasteiger partial charge in [-0.05, 0) is 53.9 Å². The molecule has 0 unspecified atom stereocenters. The van der Waals surface area contributed by atoms with E-state index in [0.717, 1.165) is 36.1 Å². The first-order valence-corrected chi connectivity index (χ1v) is 12.0. The van der Waals surface area contributed by atoms with Gasteiger partial charge in [0.05, 0.1) is 12.8 Å². The second-order valence-electron chi connectivity index (χ2n) is 7.93. The highest BCUT2D eigenvalue weighted by atomic mass is 35.5. The minimum Gasteiger partial charge on any atom is -0.489 e. The second-order valence-corrected chi connectivity index (χ2v) is 8.36. The summed E-state index contributed by atoms with van der Waals surface area (Å²) in [5, 5.41) is 7.26. The number of carbonyl (C=O) groups excluding carboxylic acids is 2. The normalized spacial score (nSPS) is 10.8. The molecule has 0 aliphatic heterocycles. The molecule has 33 heavy (non-hydrogen) atoms. The van der Waals surface area contributed by atoms with E-state index in [4.69, 9.17) is 16.3 Å². The van der Waals surface area contributed by atoms with Gasteiger partial charge >= 0.3 is 0 Å². The standard InChI is InChI=1S/C26H34ClN3O3/c1-2-3-4-5-6-7-8-9-25(31)28-19-26(32)30-29-18-21-12-16-24(17-13-21)33-20-22-10-14-23(27)15-11-22/h10-18H,2-9,19-20H2,1H3,(H,28,31)(H,30,32)/b29-18+. The van der Waals surface area contributed by atoms with Crippen LogP contribution in [0.2, 0.25) is 5.02 Å². The molecule has 0 spiro atoms. The summed E-state index contributed by atoms with van der Waals surface area (Å²) in [6.07, 6.45) is 10.1. The highest BCUT2D eigenvalue weighted by Crippen LogP contribution is 2.15. The van der Waals surface area contributed by atoms with E-state index >= 15 is 0 Å². The van der Waals surface area contributed by atoms with Gasteiger partial charge in [-0.3, -0.25) is 9.59 Å². The van der Waals surface area contributed by atoms with Gasteiger partial charge in [-0.25, -0.2) is 5.43 Å². The SMILES string of the molecule is CCCCCCCCCC(=O)NCC(=O)N/N=C/c1ccc(OCc2ccc(Cl)cc2)cc1. The molecule has 2 aromatic carbocycles. The van der Waals surface area contributed by atoms with Crippen LogP contribution in [0, 0.1) is 0 Å². The average molecular weight is 472 g/mol. The van der Waals surface area contributed by atoms with Gasteiger partial charge in [-0.15, -0.1) is 0 Å². The number of amides is 2. The first kappa shape index (κ1) is 26.4. The third-order valence-corrected chi connectivity index (χ3v) is 5.31. The van der Waals surface area contributed by atoms with Crippen LogP contribution in [0.5, 0.6) is 5.75 Å². The van der Waals surface area contributed by atoms with Crippen LogP contribution in [-0.4, -0.2) is 24.6 Å². The first-order chi connectivity index (χ1) is 16.1. The number of hydrogen-bond donors (Lipinski definition) is 2. The van der Waals surface area contributed by atoms with Crippen molar-refractivity contribution in [2.24, 2.45) is 5.10 Å². The van der Waals surface area contributed by atoms with E-state index in [2.05, 4.69) is 22.8 Å². The zero-order valence-corrected chi connectivity index (χ0v) is 20.1. The van der Waals surface area contributed by atoms with Gasteiger partial charge in [0.15, 0.2) is 0 Å². The van der Waals surface area contributed by atoms with Crippen LogP contribution in [0.1, 0.15) is 69.4 Å². The number of ether oxygens (including phenoxy) is 1. The van der Waals surface area contributed by atoms with Gasteiger partial charge in [0.1, 0.15) is 12.4 Å². The van der Waals surface area contributed by atoms with Crippen molar-refractivity contribution in [2.45, 2.75) is 64.9 Å². The number of unbranched alkanes of at least 4 members (excludes halogenated alkanes) is 6. The van der Waals surface area contributed by atoms with Gasteiger partial charge in [0.2, 0.25) is 5.91 Å². The Labute approximate surface area is 201 Å². The van der Waals surface area contributed by atoms with Gasteiger partial charge in [0.25, 0.3) is 5.91 Å². The van der Waals surface area contributed by atoms with Crippen LogP contribution < -0.4 is 15.5 Å². The molecule has 0 aliphatic rings. The molecule has 0 fully saturated rings. The molecule has 0 saturated carbocycles. The lowest BCUT2D eigenvalue weighted by atomic mass is 10.1. The predicted octanol–water partition coefficient (Wildman–Crippen LogP) is 5.63. The van der Waals surface area contributed by atoms with Crippen molar-refractivity contribution in [2.75, 3.05) is 6.54 Å². The lowest BCUT2D eigenvalue weighted by Gasteiger charge is -2.06. The Morgan fingerprint density at radius 3 is 2.27 bits per heavy atom. The largest absolute Gasteiger partial charge is 0.489 e. The molecule has 0 radical (unpaired) electrons. The van der Waals surface area contributed by atoms with E-state index in [1.54, 1.807) is 6.21 Å². The quantitative estimate of drug-likeness (QED) is 0.201. The zero-order chi connectivity index (χ0) is 23.7. The molecule has 0 atom stereocenters. The van der Waals surface area contributed by atoms with Crippen molar-refractivity contribution < 1.29 is 14.3 Å². The summed E-state index contributed by atoms with van der Waals surface area (Å²) in [5.41, 5.74) is 4.27. The van der Waals surface area contributed by atoms with Crippen LogP contribution in [0.4, 0.5) is 0 Å². The van der Waals surface area contributed by atoms with E-state index in [-0.39, 0.29) is 18.4 Å². The third-order valence-electron chi connectivity index (χ3n) is 5.06. The highest BCUT2D eigenvalue weighted by Gasteiger charge is 2.04. The van der Waals surface area contributed by atoms with Crippen molar-refractivity contribution in [3.05, 3.63) is 64.7 Å². The number of hydrogen-bond acceptors (Lipinski definition) is 4. The molecule has 0 aromatic heterocycles. The fourth-order valence-corrected chi connectivity index (χ4v) is 3.25. The van der Waals surface area contributed by atoms with E-state index in [9.17, 15) is 9.59 Å². The number of halogens is 1. The van der Waals surface area contributed by atoms with Crippen LogP contribution in [0.15, 0.2) is 53.6 Å². The molecule has 0 bridgehead atoms. The number of benzene rings is 2. The number of carbonyl (C=O) groups is 2. The van der Waals surface area contributed by atoms with Gasteiger partial charge < -0.3 is 10.1 Å². The molecule has 0 aliphatic carbocycles. The lowest BCUT2D eigenvalue weighted by molar-refractivity contribution is -0.126. The Morgan fingerprint density at radius 1 is 0.909 bits per heavy atom. The molecule has 2 amide bonds. The third kappa shape index (κ3) is 12.1. The summed E-state index contributed by atoms with van der Waals surface area (Å²) < 4.78 is 5.74. The molecule has 2 aromatic rings. The van der Waals surface area contributed by atoms with Crippen molar-refractivity contribution in [3.8, 4) is 5.75 Å². The maximum Gasteiger partial charge on any atom is 0.259 e. The topological polar surface area (TPSA) is 79.8 Å². The number of nitrogens with zero attached hydrogens (tertiary/aromatic N) is 1. The maximum atomic E-state index is 11.8. The van der Waals surface area contributed by atoms with Crippen molar-refractivity contribution in [1.29, 1.82) is 0 Å². The van der Waals surface area contributed by atoms with Crippen molar-refractivity contribution in [3.63, 3.8) is 0 Å². The molecule has 2 N–H and O–H groups in total. The fraction of sp³-hybridized carbons (Fsp3) is 0.423. The van der Waals surface area contributed by atoms with E-state index in [0.29, 0.717) is 18.1 Å². The molecule has 7 heteroatoms. The monoisotopic (exact) mass is 471 g/mol. The maximum absolute atomic E-state index is 11.8. The zero-order valence-electron chi connectivity index (χ0n) is 19.3.